The molecule has 4 nitrogen and oxygen atoms in total. The molecule has 0 saturated heterocycles. The molecule has 0 heterocycles. The zero-order valence-electron chi connectivity index (χ0n) is 12.2. The van der Waals surface area contributed by atoms with Gasteiger partial charge in [-0.3, -0.25) is 10.1 Å². The van der Waals surface area contributed by atoms with E-state index in [2.05, 4.69) is 19.2 Å². The highest BCUT2D eigenvalue weighted by atomic mass is 35.5. The molecule has 110 valence electrons. The number of nitrogens with one attached hydrogen (secondary N) is 1. The highest BCUT2D eigenvalue weighted by Crippen LogP contribution is 2.38. The highest BCUT2D eigenvalue weighted by Gasteiger charge is 2.28. The first-order chi connectivity index (χ1) is 9.28. The van der Waals surface area contributed by atoms with Gasteiger partial charge in [-0.05, 0) is 43.2 Å². The lowest BCUT2D eigenvalue weighted by molar-refractivity contribution is -0.384. The van der Waals surface area contributed by atoms with Crippen LogP contribution in [0, 0.1) is 22.5 Å². The summed E-state index contributed by atoms with van der Waals surface area (Å²) in [6.45, 7) is 6.45. The van der Waals surface area contributed by atoms with Crippen LogP contribution in [-0.4, -0.2) is 11.0 Å². The number of rotatable bonds is 3. The second-order valence-electron chi connectivity index (χ2n) is 6.48. The Bertz CT molecular complexity index is 529. The van der Waals surface area contributed by atoms with Crippen LogP contribution in [0.2, 0.25) is 5.02 Å². The molecule has 1 aromatic rings. The maximum absolute atomic E-state index is 10.9. The molecule has 0 radical (unpaired) electrons. The SMILES string of the molecule is Cc1cc([N+](=O)[O-])c(Cl)cc1NC1CCCC(C)(C)C1. The first-order valence-corrected chi connectivity index (χ1v) is 7.37. The van der Waals surface area contributed by atoms with Crippen LogP contribution in [0.25, 0.3) is 0 Å². The van der Waals surface area contributed by atoms with E-state index in [1.165, 1.54) is 12.8 Å². The van der Waals surface area contributed by atoms with Gasteiger partial charge in [0.1, 0.15) is 5.02 Å². The minimum atomic E-state index is -0.442. The molecular formula is C15H21ClN2O2. The number of nitro benzene ring substituents is 1. The molecule has 0 bridgehead atoms. The summed E-state index contributed by atoms with van der Waals surface area (Å²) >= 11 is 5.99. The Morgan fingerprint density at radius 2 is 2.15 bits per heavy atom. The van der Waals surface area contributed by atoms with Gasteiger partial charge in [0.05, 0.1) is 4.92 Å². The zero-order valence-corrected chi connectivity index (χ0v) is 13.0. The number of halogens is 1. The summed E-state index contributed by atoms with van der Waals surface area (Å²) in [5, 5.41) is 14.6. The molecule has 1 aromatic carbocycles. The Balaban J connectivity index is 2.18. The predicted octanol–water partition coefficient (Wildman–Crippen LogP) is 4.94. The largest absolute Gasteiger partial charge is 0.382 e. The summed E-state index contributed by atoms with van der Waals surface area (Å²) in [6.07, 6.45) is 4.72. The van der Waals surface area contributed by atoms with Gasteiger partial charge in [-0.25, -0.2) is 0 Å². The number of hydrogen-bond acceptors (Lipinski definition) is 3. The lowest BCUT2D eigenvalue weighted by Gasteiger charge is -2.36. The van der Waals surface area contributed by atoms with Gasteiger partial charge in [0.2, 0.25) is 0 Å². The van der Waals surface area contributed by atoms with E-state index in [0.717, 1.165) is 24.1 Å². The van der Waals surface area contributed by atoms with Crippen molar-refractivity contribution in [2.24, 2.45) is 5.41 Å². The number of aryl methyl sites for hydroxylation is 1. The van der Waals surface area contributed by atoms with Crippen molar-refractivity contribution in [3.05, 3.63) is 32.8 Å². The quantitative estimate of drug-likeness (QED) is 0.635. The van der Waals surface area contributed by atoms with E-state index < -0.39 is 4.92 Å². The summed E-state index contributed by atoms with van der Waals surface area (Å²) < 4.78 is 0. The van der Waals surface area contributed by atoms with Crippen LogP contribution < -0.4 is 5.32 Å². The van der Waals surface area contributed by atoms with E-state index >= 15 is 0 Å². The second-order valence-corrected chi connectivity index (χ2v) is 6.88. The van der Waals surface area contributed by atoms with Crippen molar-refractivity contribution in [2.45, 2.75) is 52.5 Å². The minimum absolute atomic E-state index is 0.0290. The molecule has 1 aliphatic rings. The van der Waals surface area contributed by atoms with Gasteiger partial charge in [-0.15, -0.1) is 0 Å². The van der Waals surface area contributed by atoms with Gasteiger partial charge in [-0.1, -0.05) is 31.9 Å². The predicted molar refractivity (Wildman–Crippen MR) is 82.5 cm³/mol. The minimum Gasteiger partial charge on any atom is -0.382 e. The summed E-state index contributed by atoms with van der Waals surface area (Å²) in [6, 6.07) is 3.63. The van der Waals surface area contributed by atoms with Crippen LogP contribution in [0.1, 0.15) is 45.1 Å². The Hall–Kier alpha value is -1.29. The molecule has 2 rings (SSSR count). The fourth-order valence-electron chi connectivity index (χ4n) is 3.00. The molecule has 1 fully saturated rings. The van der Waals surface area contributed by atoms with Crippen molar-refractivity contribution in [3.63, 3.8) is 0 Å². The van der Waals surface area contributed by atoms with Crippen molar-refractivity contribution < 1.29 is 4.92 Å². The van der Waals surface area contributed by atoms with Gasteiger partial charge in [-0.2, -0.15) is 0 Å². The van der Waals surface area contributed by atoms with E-state index in [9.17, 15) is 10.1 Å². The summed E-state index contributed by atoms with van der Waals surface area (Å²) in [5.41, 5.74) is 2.10. The van der Waals surface area contributed by atoms with Gasteiger partial charge in [0.15, 0.2) is 0 Å². The number of nitrogens with zero attached hydrogens (tertiary/aromatic N) is 1. The average molecular weight is 297 g/mol. The lowest BCUT2D eigenvalue weighted by Crippen LogP contribution is -2.31. The number of benzene rings is 1. The third-order valence-corrected chi connectivity index (χ3v) is 4.36. The standard InChI is InChI=1S/C15H21ClN2O2/c1-10-7-14(18(19)20)12(16)8-13(10)17-11-5-4-6-15(2,3)9-11/h7-8,11,17H,4-6,9H2,1-3H3. The maximum atomic E-state index is 10.9. The Labute approximate surface area is 124 Å². The zero-order chi connectivity index (χ0) is 14.9. The number of hydrogen-bond donors (Lipinski definition) is 1. The lowest BCUT2D eigenvalue weighted by atomic mass is 9.75. The third kappa shape index (κ3) is 3.42. The molecule has 1 N–H and O–H groups in total. The molecular weight excluding hydrogens is 276 g/mol. The number of anilines is 1. The topological polar surface area (TPSA) is 55.2 Å². The molecule has 1 atom stereocenters. The summed E-state index contributed by atoms with van der Waals surface area (Å²) in [7, 11) is 0. The molecule has 0 aromatic heterocycles. The van der Waals surface area contributed by atoms with Crippen LogP contribution in [0.5, 0.6) is 0 Å². The fraction of sp³-hybridized carbons (Fsp3) is 0.600. The van der Waals surface area contributed by atoms with E-state index in [-0.39, 0.29) is 10.7 Å². The Morgan fingerprint density at radius 3 is 2.75 bits per heavy atom. The Morgan fingerprint density at radius 1 is 1.45 bits per heavy atom. The maximum Gasteiger partial charge on any atom is 0.288 e. The van der Waals surface area contributed by atoms with Crippen molar-refractivity contribution in [1.82, 2.24) is 0 Å². The van der Waals surface area contributed by atoms with Gasteiger partial charge in [0, 0.05) is 17.8 Å². The number of nitro groups is 1. The van der Waals surface area contributed by atoms with Crippen LogP contribution in [0.4, 0.5) is 11.4 Å². The normalized spacial score (nSPS) is 21.5. The molecule has 1 saturated carbocycles. The van der Waals surface area contributed by atoms with Crippen LogP contribution in [0.15, 0.2) is 12.1 Å². The van der Waals surface area contributed by atoms with Crippen LogP contribution in [-0.2, 0) is 0 Å². The second kappa shape index (κ2) is 5.60. The smallest absolute Gasteiger partial charge is 0.288 e. The highest BCUT2D eigenvalue weighted by molar-refractivity contribution is 6.33. The molecule has 1 aliphatic carbocycles. The van der Waals surface area contributed by atoms with E-state index in [4.69, 9.17) is 11.6 Å². The third-order valence-electron chi connectivity index (χ3n) is 4.06. The Kier molecular flexibility index (Phi) is 4.23. The summed E-state index contributed by atoms with van der Waals surface area (Å²) in [4.78, 5) is 10.4. The molecule has 5 heteroatoms. The van der Waals surface area contributed by atoms with Crippen molar-refractivity contribution in [3.8, 4) is 0 Å². The average Bonchev–Trinajstić information content (AvgIpc) is 2.31. The monoisotopic (exact) mass is 296 g/mol. The van der Waals surface area contributed by atoms with Crippen molar-refractivity contribution in [2.75, 3.05) is 5.32 Å². The van der Waals surface area contributed by atoms with Gasteiger partial charge < -0.3 is 5.32 Å². The van der Waals surface area contributed by atoms with E-state index in [1.54, 1.807) is 12.1 Å². The molecule has 0 amide bonds. The molecule has 20 heavy (non-hydrogen) atoms. The molecule has 1 unspecified atom stereocenters. The van der Waals surface area contributed by atoms with Crippen LogP contribution >= 0.6 is 11.6 Å². The molecule has 0 aliphatic heterocycles. The summed E-state index contributed by atoms with van der Waals surface area (Å²) in [5.74, 6) is 0. The van der Waals surface area contributed by atoms with E-state index in [0.29, 0.717) is 11.5 Å². The fourth-order valence-corrected chi connectivity index (χ4v) is 3.24. The van der Waals surface area contributed by atoms with Gasteiger partial charge in [0.25, 0.3) is 5.69 Å². The molecule has 0 spiro atoms. The van der Waals surface area contributed by atoms with Gasteiger partial charge >= 0.3 is 0 Å². The van der Waals surface area contributed by atoms with E-state index in [1.807, 2.05) is 6.92 Å². The van der Waals surface area contributed by atoms with Crippen molar-refractivity contribution >= 4 is 23.0 Å². The first-order valence-electron chi connectivity index (χ1n) is 6.99. The van der Waals surface area contributed by atoms with Crippen molar-refractivity contribution in [1.29, 1.82) is 0 Å². The van der Waals surface area contributed by atoms with Crippen LogP contribution in [0.3, 0.4) is 0 Å². The first kappa shape index (κ1) is 15.1.